The highest BCUT2D eigenvalue weighted by Crippen LogP contribution is 2.45. The smallest absolute Gasteiger partial charge is 0.271 e. The van der Waals surface area contributed by atoms with Crippen molar-refractivity contribution in [3.63, 3.8) is 0 Å². The highest BCUT2D eigenvalue weighted by Gasteiger charge is 2.47. The quantitative estimate of drug-likeness (QED) is 0.655. The van der Waals surface area contributed by atoms with Crippen LogP contribution in [-0.2, 0) is 12.0 Å². The second-order valence-corrected chi connectivity index (χ2v) is 8.01. The normalized spacial score (nSPS) is 18.9. The molecule has 0 bridgehead atoms. The monoisotopic (exact) mass is 394 g/mol. The number of fused-ring (bicyclic) bond motifs is 2. The Labute approximate surface area is 170 Å². The standard InChI is InChI=1S/C24H27FN2O2/c1-5-24(15(2)3)18-8-6-9-19(25)16(18)12-13-27(24)23(28)21-14-17-20(26-21)10-7-11-22(17)29-4/h6-11,14-15,26H,5,12-13H2,1-4H3. The first kappa shape index (κ1) is 19.5. The second kappa shape index (κ2) is 7.21. The summed E-state index contributed by atoms with van der Waals surface area (Å²) in [5.41, 5.74) is 2.52. The van der Waals surface area contributed by atoms with Gasteiger partial charge in [-0.05, 0) is 54.2 Å². The van der Waals surface area contributed by atoms with E-state index >= 15 is 0 Å². The number of hydrogen-bond donors (Lipinski definition) is 1. The molecule has 1 aromatic heterocycles. The number of aromatic amines is 1. The number of carbonyl (C=O) groups is 1. The lowest BCUT2D eigenvalue weighted by atomic mass is 9.71. The molecule has 1 atom stereocenters. The Morgan fingerprint density at radius 3 is 2.72 bits per heavy atom. The van der Waals surface area contributed by atoms with Gasteiger partial charge in [-0.2, -0.15) is 0 Å². The molecule has 3 aromatic rings. The van der Waals surface area contributed by atoms with Crippen LogP contribution in [0.25, 0.3) is 10.9 Å². The van der Waals surface area contributed by atoms with Crippen molar-refractivity contribution in [2.45, 2.75) is 39.2 Å². The number of nitrogens with one attached hydrogen (secondary N) is 1. The molecule has 0 spiro atoms. The number of H-pyrrole nitrogens is 1. The summed E-state index contributed by atoms with van der Waals surface area (Å²) >= 11 is 0. The summed E-state index contributed by atoms with van der Waals surface area (Å²) in [4.78, 5) is 18.9. The number of rotatable bonds is 4. The van der Waals surface area contributed by atoms with E-state index in [-0.39, 0.29) is 17.6 Å². The minimum absolute atomic E-state index is 0.0614. The van der Waals surface area contributed by atoms with Crippen LogP contribution in [0.15, 0.2) is 42.5 Å². The molecule has 1 aliphatic rings. The van der Waals surface area contributed by atoms with Gasteiger partial charge in [0.2, 0.25) is 0 Å². The van der Waals surface area contributed by atoms with Gasteiger partial charge in [0, 0.05) is 17.4 Å². The average Bonchev–Trinajstić information content (AvgIpc) is 3.16. The van der Waals surface area contributed by atoms with Crippen LogP contribution >= 0.6 is 0 Å². The topological polar surface area (TPSA) is 45.3 Å². The number of methoxy groups -OCH3 is 1. The average molecular weight is 394 g/mol. The molecule has 4 rings (SSSR count). The van der Waals surface area contributed by atoms with Gasteiger partial charge < -0.3 is 14.6 Å². The maximum Gasteiger partial charge on any atom is 0.271 e. The van der Waals surface area contributed by atoms with Crippen molar-refractivity contribution in [2.24, 2.45) is 5.92 Å². The van der Waals surface area contributed by atoms with Crippen molar-refractivity contribution in [2.75, 3.05) is 13.7 Å². The number of ether oxygens (including phenoxy) is 1. The lowest BCUT2D eigenvalue weighted by molar-refractivity contribution is 0.0198. The zero-order valence-corrected chi connectivity index (χ0v) is 17.4. The minimum atomic E-state index is -0.547. The zero-order valence-electron chi connectivity index (χ0n) is 17.4. The first-order valence-corrected chi connectivity index (χ1v) is 10.2. The Kier molecular flexibility index (Phi) is 4.85. The summed E-state index contributed by atoms with van der Waals surface area (Å²) in [6.45, 7) is 6.79. The number of nitrogens with zero attached hydrogens (tertiary/aromatic N) is 1. The number of amides is 1. The summed E-state index contributed by atoms with van der Waals surface area (Å²) in [6.07, 6.45) is 1.24. The molecule has 1 N–H and O–H groups in total. The lowest BCUT2D eigenvalue weighted by Crippen LogP contribution is -2.56. The predicted molar refractivity (Wildman–Crippen MR) is 113 cm³/mol. The van der Waals surface area contributed by atoms with Crippen LogP contribution < -0.4 is 4.74 Å². The highest BCUT2D eigenvalue weighted by molar-refractivity contribution is 6.00. The van der Waals surface area contributed by atoms with Crippen LogP contribution in [0.1, 0.15) is 48.8 Å². The van der Waals surface area contributed by atoms with E-state index in [4.69, 9.17) is 4.74 Å². The Morgan fingerprint density at radius 1 is 1.28 bits per heavy atom. The molecule has 1 amide bonds. The molecule has 152 valence electrons. The first-order chi connectivity index (χ1) is 13.9. The third-order valence-electron chi connectivity index (χ3n) is 6.47. The van der Waals surface area contributed by atoms with Crippen molar-refractivity contribution in [1.29, 1.82) is 0 Å². The van der Waals surface area contributed by atoms with E-state index < -0.39 is 5.54 Å². The number of aromatic nitrogens is 1. The van der Waals surface area contributed by atoms with Crippen LogP contribution in [0.2, 0.25) is 0 Å². The third-order valence-corrected chi connectivity index (χ3v) is 6.47. The van der Waals surface area contributed by atoms with Gasteiger partial charge in [0.25, 0.3) is 5.91 Å². The van der Waals surface area contributed by atoms with E-state index in [1.54, 1.807) is 13.2 Å². The molecule has 4 nitrogen and oxygen atoms in total. The van der Waals surface area contributed by atoms with E-state index in [1.165, 1.54) is 6.07 Å². The largest absolute Gasteiger partial charge is 0.496 e. The molecule has 0 saturated carbocycles. The first-order valence-electron chi connectivity index (χ1n) is 10.2. The van der Waals surface area contributed by atoms with Gasteiger partial charge in [-0.25, -0.2) is 4.39 Å². The molecule has 0 fully saturated rings. The van der Waals surface area contributed by atoms with Crippen LogP contribution in [0.5, 0.6) is 5.75 Å². The number of carbonyl (C=O) groups excluding carboxylic acids is 1. The molecular formula is C24H27FN2O2. The predicted octanol–water partition coefficient (Wildman–Crippen LogP) is 5.28. The fourth-order valence-electron chi connectivity index (χ4n) is 5.05. The zero-order chi connectivity index (χ0) is 20.8. The maximum absolute atomic E-state index is 14.6. The van der Waals surface area contributed by atoms with E-state index in [0.29, 0.717) is 18.7 Å². The van der Waals surface area contributed by atoms with Gasteiger partial charge in [-0.1, -0.05) is 39.0 Å². The number of hydrogen-bond acceptors (Lipinski definition) is 2. The second-order valence-electron chi connectivity index (χ2n) is 8.01. The van der Waals surface area contributed by atoms with Gasteiger partial charge in [-0.15, -0.1) is 0 Å². The molecule has 2 aromatic carbocycles. The highest BCUT2D eigenvalue weighted by atomic mass is 19.1. The Morgan fingerprint density at radius 2 is 2.03 bits per heavy atom. The molecule has 5 heteroatoms. The van der Waals surface area contributed by atoms with Crippen molar-refractivity contribution in [3.8, 4) is 5.75 Å². The van der Waals surface area contributed by atoms with E-state index in [1.807, 2.05) is 35.2 Å². The lowest BCUT2D eigenvalue weighted by Gasteiger charge is -2.50. The van der Waals surface area contributed by atoms with Crippen molar-refractivity contribution < 1.29 is 13.9 Å². The Balaban J connectivity index is 1.84. The molecule has 1 aliphatic heterocycles. The fraction of sp³-hybridized carbons (Fsp3) is 0.375. The van der Waals surface area contributed by atoms with Gasteiger partial charge in [0.05, 0.1) is 12.6 Å². The molecule has 0 aliphatic carbocycles. The summed E-state index contributed by atoms with van der Waals surface area (Å²) in [7, 11) is 1.63. The number of benzene rings is 2. The van der Waals surface area contributed by atoms with Gasteiger partial charge in [0.1, 0.15) is 17.3 Å². The summed E-state index contributed by atoms with van der Waals surface area (Å²) < 4.78 is 20.0. The van der Waals surface area contributed by atoms with Crippen molar-refractivity contribution >= 4 is 16.8 Å². The molecule has 1 unspecified atom stereocenters. The summed E-state index contributed by atoms with van der Waals surface area (Å²) in [5.74, 6) is 0.628. The molecule has 0 radical (unpaired) electrons. The van der Waals surface area contributed by atoms with Crippen LogP contribution in [0, 0.1) is 11.7 Å². The minimum Gasteiger partial charge on any atom is -0.496 e. The van der Waals surface area contributed by atoms with E-state index in [9.17, 15) is 9.18 Å². The summed E-state index contributed by atoms with van der Waals surface area (Å²) in [5, 5.41) is 0.883. The maximum atomic E-state index is 14.6. The van der Waals surface area contributed by atoms with Crippen LogP contribution in [0.4, 0.5) is 4.39 Å². The van der Waals surface area contributed by atoms with Gasteiger partial charge >= 0.3 is 0 Å². The Bertz CT molecular complexity index is 1070. The van der Waals surface area contributed by atoms with Gasteiger partial charge in [0.15, 0.2) is 0 Å². The molecule has 2 heterocycles. The third kappa shape index (κ3) is 2.83. The van der Waals surface area contributed by atoms with Crippen LogP contribution in [0.3, 0.4) is 0 Å². The summed E-state index contributed by atoms with van der Waals surface area (Å²) in [6, 6.07) is 12.8. The van der Waals surface area contributed by atoms with Crippen molar-refractivity contribution in [1.82, 2.24) is 9.88 Å². The fourth-order valence-corrected chi connectivity index (χ4v) is 5.05. The van der Waals surface area contributed by atoms with Crippen LogP contribution in [-0.4, -0.2) is 29.4 Å². The van der Waals surface area contributed by atoms with E-state index in [0.717, 1.165) is 34.2 Å². The number of halogens is 1. The molecule has 0 saturated heterocycles. The van der Waals surface area contributed by atoms with Gasteiger partial charge in [-0.3, -0.25) is 4.79 Å². The molecule has 29 heavy (non-hydrogen) atoms. The van der Waals surface area contributed by atoms with E-state index in [2.05, 4.69) is 25.8 Å². The SMILES string of the molecule is CCC1(C(C)C)c2cccc(F)c2CCN1C(=O)c1cc2c(OC)cccc2[nH]1. The molecular weight excluding hydrogens is 367 g/mol. The Hall–Kier alpha value is -2.82. The van der Waals surface area contributed by atoms with Crippen molar-refractivity contribution in [3.05, 3.63) is 65.1 Å².